The molecule has 0 amide bonds. The van der Waals surface area contributed by atoms with Crippen LogP contribution in [0.1, 0.15) is 56.7 Å². The zero-order chi connectivity index (χ0) is 13.2. The van der Waals surface area contributed by atoms with E-state index in [1.807, 2.05) is 12.3 Å². The number of aliphatic hydroxyl groups excluding tert-OH is 2. The van der Waals surface area contributed by atoms with Crippen LogP contribution in [0.2, 0.25) is 0 Å². The van der Waals surface area contributed by atoms with Crippen LogP contribution in [-0.4, -0.2) is 32.2 Å². The Kier molecular flexibility index (Phi) is 3.89. The van der Waals surface area contributed by atoms with Gasteiger partial charge in [-0.2, -0.15) is 5.10 Å². The first kappa shape index (κ1) is 13.1. The fraction of sp³-hybridized carbons (Fsp3) is 0.800. The second-order valence-corrected chi connectivity index (χ2v) is 6.18. The zero-order valence-electron chi connectivity index (χ0n) is 11.4. The number of hydrogen-bond acceptors (Lipinski definition) is 3. The van der Waals surface area contributed by atoms with Gasteiger partial charge in [-0.05, 0) is 37.7 Å². The fourth-order valence-electron chi connectivity index (χ4n) is 3.12. The summed E-state index contributed by atoms with van der Waals surface area (Å²) in [5, 5.41) is 24.5. The van der Waals surface area contributed by atoms with Crippen LogP contribution in [0.25, 0.3) is 0 Å². The smallest absolute Gasteiger partial charge is 0.0857 e. The van der Waals surface area contributed by atoms with E-state index in [2.05, 4.69) is 9.78 Å². The van der Waals surface area contributed by atoms with Crippen LogP contribution in [-0.2, 0) is 6.42 Å². The summed E-state index contributed by atoms with van der Waals surface area (Å²) in [6.07, 6.45) is 9.73. The molecular weight excluding hydrogens is 240 g/mol. The maximum absolute atomic E-state index is 10.0. The molecule has 106 valence electrons. The average Bonchev–Trinajstić information content (AvgIpc) is 3.19. The molecule has 2 fully saturated rings. The van der Waals surface area contributed by atoms with Crippen LogP contribution in [0.4, 0.5) is 0 Å². The van der Waals surface area contributed by atoms with Crippen LogP contribution in [0, 0.1) is 5.92 Å². The third kappa shape index (κ3) is 3.18. The molecule has 19 heavy (non-hydrogen) atoms. The van der Waals surface area contributed by atoms with Gasteiger partial charge in [-0.3, -0.25) is 4.68 Å². The quantitative estimate of drug-likeness (QED) is 0.856. The van der Waals surface area contributed by atoms with E-state index < -0.39 is 12.2 Å². The lowest BCUT2D eigenvalue weighted by Crippen LogP contribution is -2.30. The molecule has 2 aliphatic rings. The Morgan fingerprint density at radius 3 is 2.58 bits per heavy atom. The first-order valence-electron chi connectivity index (χ1n) is 7.64. The highest BCUT2D eigenvalue weighted by Gasteiger charge is 2.34. The summed E-state index contributed by atoms with van der Waals surface area (Å²) in [6, 6.07) is 2.52. The molecule has 2 atom stereocenters. The summed E-state index contributed by atoms with van der Waals surface area (Å²) in [7, 11) is 0. The average molecular weight is 264 g/mol. The Labute approximate surface area is 114 Å². The summed E-state index contributed by atoms with van der Waals surface area (Å²) < 4.78 is 2.06. The van der Waals surface area contributed by atoms with Crippen molar-refractivity contribution in [1.82, 2.24) is 9.78 Å². The molecule has 1 heterocycles. The van der Waals surface area contributed by atoms with Crippen molar-refractivity contribution in [2.75, 3.05) is 0 Å². The maximum atomic E-state index is 10.0. The van der Waals surface area contributed by atoms with Gasteiger partial charge in [0, 0.05) is 12.6 Å². The monoisotopic (exact) mass is 264 g/mol. The Balaban J connectivity index is 1.57. The first-order valence-corrected chi connectivity index (χ1v) is 7.64. The second-order valence-electron chi connectivity index (χ2n) is 6.18. The maximum Gasteiger partial charge on any atom is 0.0857 e. The molecule has 0 aliphatic heterocycles. The lowest BCUT2D eigenvalue weighted by atomic mass is 9.96. The van der Waals surface area contributed by atoms with Gasteiger partial charge >= 0.3 is 0 Å². The SMILES string of the molecule is OC(Cc1ccn(C2CCCCC2)n1)C(O)C1CC1. The van der Waals surface area contributed by atoms with E-state index in [9.17, 15) is 10.2 Å². The van der Waals surface area contributed by atoms with Gasteiger partial charge in [-0.15, -0.1) is 0 Å². The normalized spacial score (nSPS) is 24.3. The number of aliphatic hydroxyl groups is 2. The van der Waals surface area contributed by atoms with E-state index in [0.29, 0.717) is 18.4 Å². The molecule has 2 N–H and O–H groups in total. The molecule has 0 bridgehead atoms. The minimum absolute atomic E-state index is 0.315. The van der Waals surface area contributed by atoms with E-state index in [-0.39, 0.29) is 0 Å². The minimum Gasteiger partial charge on any atom is -0.390 e. The van der Waals surface area contributed by atoms with Crippen molar-refractivity contribution in [3.63, 3.8) is 0 Å². The molecule has 0 radical (unpaired) electrons. The summed E-state index contributed by atoms with van der Waals surface area (Å²) in [4.78, 5) is 0. The van der Waals surface area contributed by atoms with Gasteiger partial charge in [0.1, 0.15) is 0 Å². The van der Waals surface area contributed by atoms with Crippen molar-refractivity contribution >= 4 is 0 Å². The summed E-state index contributed by atoms with van der Waals surface area (Å²) in [6.45, 7) is 0. The van der Waals surface area contributed by atoms with Gasteiger partial charge in [-0.25, -0.2) is 0 Å². The highest BCUT2D eigenvalue weighted by atomic mass is 16.3. The van der Waals surface area contributed by atoms with Gasteiger partial charge in [0.2, 0.25) is 0 Å². The van der Waals surface area contributed by atoms with Crippen molar-refractivity contribution < 1.29 is 10.2 Å². The predicted octanol–water partition coefficient (Wildman–Crippen LogP) is 2.06. The molecule has 4 heteroatoms. The van der Waals surface area contributed by atoms with Gasteiger partial charge in [0.25, 0.3) is 0 Å². The molecule has 3 rings (SSSR count). The third-order valence-electron chi connectivity index (χ3n) is 4.53. The van der Waals surface area contributed by atoms with Crippen LogP contribution in [0.5, 0.6) is 0 Å². The van der Waals surface area contributed by atoms with E-state index in [0.717, 1.165) is 18.5 Å². The highest BCUT2D eigenvalue weighted by Crippen LogP contribution is 2.34. The van der Waals surface area contributed by atoms with E-state index in [4.69, 9.17) is 0 Å². The van der Waals surface area contributed by atoms with E-state index in [1.54, 1.807) is 0 Å². The standard InChI is InChI=1S/C15H24N2O2/c18-14(15(19)11-6-7-11)10-12-8-9-17(16-12)13-4-2-1-3-5-13/h8-9,11,13-15,18-19H,1-7,10H2. The molecule has 2 unspecified atom stereocenters. The van der Waals surface area contributed by atoms with E-state index >= 15 is 0 Å². The number of rotatable bonds is 5. The molecule has 1 aromatic heterocycles. The third-order valence-corrected chi connectivity index (χ3v) is 4.53. The highest BCUT2D eigenvalue weighted by molar-refractivity contribution is 5.03. The van der Waals surface area contributed by atoms with Gasteiger partial charge < -0.3 is 10.2 Å². The molecule has 0 saturated heterocycles. The second kappa shape index (κ2) is 5.63. The van der Waals surface area contributed by atoms with Crippen molar-refractivity contribution in [1.29, 1.82) is 0 Å². The van der Waals surface area contributed by atoms with E-state index in [1.165, 1.54) is 32.1 Å². The van der Waals surface area contributed by atoms with Crippen molar-refractivity contribution in [3.05, 3.63) is 18.0 Å². The number of nitrogens with zero attached hydrogens (tertiary/aromatic N) is 2. The van der Waals surface area contributed by atoms with Gasteiger partial charge in [0.15, 0.2) is 0 Å². The number of hydrogen-bond donors (Lipinski definition) is 2. The van der Waals surface area contributed by atoms with Crippen LogP contribution >= 0.6 is 0 Å². The van der Waals surface area contributed by atoms with Crippen LogP contribution in [0.15, 0.2) is 12.3 Å². The lowest BCUT2D eigenvalue weighted by Gasteiger charge is -2.22. The van der Waals surface area contributed by atoms with Crippen molar-refractivity contribution in [2.45, 2.75) is 69.6 Å². The molecular formula is C15H24N2O2. The molecule has 0 spiro atoms. The van der Waals surface area contributed by atoms with Crippen molar-refractivity contribution in [2.24, 2.45) is 5.92 Å². The zero-order valence-corrected chi connectivity index (χ0v) is 11.4. The molecule has 1 aromatic rings. The molecule has 0 aromatic carbocycles. The predicted molar refractivity (Wildman–Crippen MR) is 72.8 cm³/mol. The Morgan fingerprint density at radius 2 is 1.89 bits per heavy atom. The minimum atomic E-state index is -0.665. The molecule has 2 saturated carbocycles. The van der Waals surface area contributed by atoms with Crippen molar-refractivity contribution in [3.8, 4) is 0 Å². The topological polar surface area (TPSA) is 58.3 Å². The molecule has 2 aliphatic carbocycles. The largest absolute Gasteiger partial charge is 0.390 e. The summed E-state index contributed by atoms with van der Waals surface area (Å²) in [5.41, 5.74) is 0.901. The lowest BCUT2D eigenvalue weighted by molar-refractivity contribution is 0.00611. The Morgan fingerprint density at radius 1 is 1.16 bits per heavy atom. The van der Waals surface area contributed by atoms with Gasteiger partial charge in [-0.1, -0.05) is 19.3 Å². The van der Waals surface area contributed by atoms with Gasteiger partial charge in [0.05, 0.1) is 23.9 Å². The summed E-state index contributed by atoms with van der Waals surface area (Å²) in [5.74, 6) is 0.315. The Bertz CT molecular complexity index is 408. The molecule has 4 nitrogen and oxygen atoms in total. The number of aromatic nitrogens is 2. The fourth-order valence-corrected chi connectivity index (χ4v) is 3.12. The van der Waals surface area contributed by atoms with Crippen LogP contribution in [0.3, 0.4) is 0 Å². The Hall–Kier alpha value is -0.870. The summed E-state index contributed by atoms with van der Waals surface area (Å²) >= 11 is 0. The first-order chi connectivity index (χ1) is 9.24. The van der Waals surface area contributed by atoms with Crippen LogP contribution < -0.4 is 0 Å².